The quantitative estimate of drug-likeness (QED) is 0.766. The van der Waals surface area contributed by atoms with Crippen molar-refractivity contribution >= 4 is 5.69 Å². The second-order valence-electron chi connectivity index (χ2n) is 5.70. The van der Waals surface area contributed by atoms with Crippen molar-refractivity contribution in [3.8, 4) is 0 Å². The standard InChI is InChI=1S/C17H27NO/c1-3-4-5-6-15-7-9-16(10-8-15)18-17-11-12-19-14(2)13-17/h7-10,14,17-18H,3-6,11-13H2,1-2H3. The Morgan fingerprint density at radius 3 is 2.68 bits per heavy atom. The van der Waals surface area contributed by atoms with Crippen LogP contribution < -0.4 is 5.32 Å². The van der Waals surface area contributed by atoms with Crippen molar-refractivity contribution in [2.24, 2.45) is 0 Å². The van der Waals surface area contributed by atoms with E-state index in [0.29, 0.717) is 12.1 Å². The van der Waals surface area contributed by atoms with E-state index in [1.165, 1.54) is 36.9 Å². The lowest BCUT2D eigenvalue weighted by Gasteiger charge is -2.28. The average molecular weight is 261 g/mol. The van der Waals surface area contributed by atoms with Crippen molar-refractivity contribution in [3.05, 3.63) is 29.8 Å². The highest BCUT2D eigenvalue weighted by Crippen LogP contribution is 2.19. The molecule has 0 spiro atoms. The van der Waals surface area contributed by atoms with Crippen molar-refractivity contribution < 1.29 is 4.74 Å². The zero-order valence-corrected chi connectivity index (χ0v) is 12.3. The van der Waals surface area contributed by atoms with Crippen LogP contribution in [0.3, 0.4) is 0 Å². The molecule has 2 heteroatoms. The molecule has 2 unspecified atom stereocenters. The van der Waals surface area contributed by atoms with Gasteiger partial charge in [-0.05, 0) is 50.3 Å². The fourth-order valence-electron chi connectivity index (χ4n) is 2.71. The first-order valence-corrected chi connectivity index (χ1v) is 7.75. The highest BCUT2D eigenvalue weighted by atomic mass is 16.5. The Balaban J connectivity index is 1.81. The number of rotatable bonds is 6. The number of ether oxygens (including phenoxy) is 1. The monoisotopic (exact) mass is 261 g/mol. The summed E-state index contributed by atoms with van der Waals surface area (Å²) < 4.78 is 5.58. The molecule has 0 radical (unpaired) electrons. The minimum Gasteiger partial charge on any atom is -0.382 e. The number of unbranched alkanes of at least 4 members (excludes halogenated alkanes) is 2. The molecule has 0 aliphatic carbocycles. The van der Waals surface area contributed by atoms with E-state index in [1.807, 2.05) is 0 Å². The smallest absolute Gasteiger partial charge is 0.0566 e. The summed E-state index contributed by atoms with van der Waals surface area (Å²) in [6.07, 6.45) is 7.76. The van der Waals surface area contributed by atoms with E-state index in [-0.39, 0.29) is 0 Å². The van der Waals surface area contributed by atoms with Gasteiger partial charge in [-0.1, -0.05) is 31.9 Å². The first-order valence-electron chi connectivity index (χ1n) is 7.75. The summed E-state index contributed by atoms with van der Waals surface area (Å²) in [5.41, 5.74) is 2.71. The first kappa shape index (κ1) is 14.4. The Kier molecular flexibility index (Phi) is 5.71. The number of nitrogens with one attached hydrogen (secondary N) is 1. The van der Waals surface area contributed by atoms with Crippen LogP contribution in [0.15, 0.2) is 24.3 Å². The van der Waals surface area contributed by atoms with Crippen LogP contribution >= 0.6 is 0 Å². The predicted octanol–water partition coefficient (Wildman–Crippen LogP) is 4.40. The van der Waals surface area contributed by atoms with Crippen molar-refractivity contribution in [1.82, 2.24) is 0 Å². The molecular weight excluding hydrogens is 234 g/mol. The second kappa shape index (κ2) is 7.54. The molecule has 0 saturated carbocycles. The van der Waals surface area contributed by atoms with E-state index in [2.05, 4.69) is 43.4 Å². The van der Waals surface area contributed by atoms with Gasteiger partial charge < -0.3 is 10.1 Å². The molecule has 1 aromatic rings. The van der Waals surface area contributed by atoms with Gasteiger partial charge in [-0.2, -0.15) is 0 Å². The molecule has 1 aromatic carbocycles. The Bertz CT molecular complexity index is 360. The molecule has 1 aliphatic heterocycles. The van der Waals surface area contributed by atoms with Crippen molar-refractivity contribution in [3.63, 3.8) is 0 Å². The van der Waals surface area contributed by atoms with Crippen LogP contribution in [0, 0.1) is 0 Å². The van der Waals surface area contributed by atoms with Crippen LogP contribution in [0.4, 0.5) is 5.69 Å². The van der Waals surface area contributed by atoms with Crippen LogP contribution in [-0.2, 0) is 11.2 Å². The largest absolute Gasteiger partial charge is 0.382 e. The lowest BCUT2D eigenvalue weighted by molar-refractivity contribution is 0.0232. The molecule has 0 bridgehead atoms. The lowest BCUT2D eigenvalue weighted by atomic mass is 10.0. The van der Waals surface area contributed by atoms with Crippen molar-refractivity contribution in [2.45, 2.75) is 64.5 Å². The molecule has 0 aromatic heterocycles. The number of hydrogen-bond donors (Lipinski definition) is 1. The van der Waals surface area contributed by atoms with Crippen LogP contribution in [0.1, 0.15) is 51.5 Å². The van der Waals surface area contributed by atoms with Gasteiger partial charge in [-0.25, -0.2) is 0 Å². The van der Waals surface area contributed by atoms with Gasteiger partial charge in [0.25, 0.3) is 0 Å². The van der Waals surface area contributed by atoms with E-state index in [0.717, 1.165) is 19.4 Å². The highest BCUT2D eigenvalue weighted by Gasteiger charge is 2.18. The summed E-state index contributed by atoms with van der Waals surface area (Å²) in [4.78, 5) is 0. The molecule has 1 fully saturated rings. The zero-order chi connectivity index (χ0) is 13.5. The van der Waals surface area contributed by atoms with Crippen LogP contribution in [0.2, 0.25) is 0 Å². The molecule has 19 heavy (non-hydrogen) atoms. The van der Waals surface area contributed by atoms with Gasteiger partial charge >= 0.3 is 0 Å². The van der Waals surface area contributed by atoms with E-state index in [4.69, 9.17) is 4.74 Å². The van der Waals surface area contributed by atoms with Crippen LogP contribution in [0.25, 0.3) is 0 Å². The van der Waals surface area contributed by atoms with Gasteiger partial charge in [0.2, 0.25) is 0 Å². The molecule has 1 saturated heterocycles. The predicted molar refractivity (Wildman–Crippen MR) is 81.7 cm³/mol. The molecule has 0 amide bonds. The number of aryl methyl sites for hydroxylation is 1. The van der Waals surface area contributed by atoms with Gasteiger partial charge in [0, 0.05) is 18.3 Å². The Labute approximate surface area is 117 Å². The molecule has 106 valence electrons. The number of anilines is 1. The van der Waals surface area contributed by atoms with Crippen molar-refractivity contribution in [1.29, 1.82) is 0 Å². The maximum Gasteiger partial charge on any atom is 0.0566 e. The lowest BCUT2D eigenvalue weighted by Crippen LogP contribution is -2.32. The molecule has 2 rings (SSSR count). The number of benzene rings is 1. The summed E-state index contributed by atoms with van der Waals surface area (Å²) >= 11 is 0. The summed E-state index contributed by atoms with van der Waals surface area (Å²) in [5.74, 6) is 0. The van der Waals surface area contributed by atoms with Crippen molar-refractivity contribution in [2.75, 3.05) is 11.9 Å². The molecule has 1 aliphatic rings. The topological polar surface area (TPSA) is 21.3 Å². The number of hydrogen-bond acceptors (Lipinski definition) is 2. The third-order valence-corrected chi connectivity index (χ3v) is 3.88. The molecule has 1 N–H and O–H groups in total. The van der Waals surface area contributed by atoms with Gasteiger partial charge in [0.1, 0.15) is 0 Å². The summed E-state index contributed by atoms with van der Waals surface area (Å²) in [7, 11) is 0. The van der Waals surface area contributed by atoms with Crippen LogP contribution in [-0.4, -0.2) is 18.8 Å². The van der Waals surface area contributed by atoms with Gasteiger partial charge in [-0.15, -0.1) is 0 Å². The van der Waals surface area contributed by atoms with Gasteiger partial charge in [0.15, 0.2) is 0 Å². The fraction of sp³-hybridized carbons (Fsp3) is 0.647. The first-order chi connectivity index (χ1) is 9.28. The maximum absolute atomic E-state index is 5.58. The van der Waals surface area contributed by atoms with E-state index in [1.54, 1.807) is 0 Å². The molecule has 1 heterocycles. The summed E-state index contributed by atoms with van der Waals surface area (Å²) in [6, 6.07) is 9.54. The minimum absolute atomic E-state index is 0.388. The average Bonchev–Trinajstić information content (AvgIpc) is 2.41. The second-order valence-corrected chi connectivity index (χ2v) is 5.70. The third-order valence-electron chi connectivity index (χ3n) is 3.88. The van der Waals surface area contributed by atoms with Gasteiger partial charge in [0.05, 0.1) is 6.10 Å². The SMILES string of the molecule is CCCCCc1ccc(NC2CCOC(C)C2)cc1. The Morgan fingerprint density at radius 1 is 1.21 bits per heavy atom. The molecule has 2 atom stereocenters. The van der Waals surface area contributed by atoms with E-state index in [9.17, 15) is 0 Å². The normalized spacial score (nSPS) is 23.3. The van der Waals surface area contributed by atoms with Gasteiger partial charge in [-0.3, -0.25) is 0 Å². The molecular formula is C17H27NO. The highest BCUT2D eigenvalue weighted by molar-refractivity contribution is 5.45. The maximum atomic E-state index is 5.58. The van der Waals surface area contributed by atoms with E-state index < -0.39 is 0 Å². The minimum atomic E-state index is 0.388. The Hall–Kier alpha value is -1.02. The summed E-state index contributed by atoms with van der Waals surface area (Å²) in [6.45, 7) is 5.29. The van der Waals surface area contributed by atoms with E-state index >= 15 is 0 Å². The zero-order valence-electron chi connectivity index (χ0n) is 12.3. The summed E-state index contributed by atoms with van der Waals surface area (Å²) in [5, 5.41) is 3.63. The van der Waals surface area contributed by atoms with Crippen LogP contribution in [0.5, 0.6) is 0 Å². The Morgan fingerprint density at radius 2 is 2.00 bits per heavy atom. The fourth-order valence-corrected chi connectivity index (χ4v) is 2.71. The third kappa shape index (κ3) is 4.87. The molecule has 2 nitrogen and oxygen atoms in total.